The minimum absolute atomic E-state index is 0.112. The second kappa shape index (κ2) is 5.54. The van der Waals surface area contributed by atoms with Crippen LogP contribution < -0.4 is 0 Å². The Morgan fingerprint density at radius 1 is 1.50 bits per heavy atom. The standard InChI is InChI=1S/C10H12F2N2O4S2/c11-3-10(17)6(16)5(2-15)18-8(10)14-1-4(12)7(19)13-9(14)20/h1,5-6,8,15-17H,2-3H2,(H,13,19,20)/t5-,6?,8-,10-/m1/s1. The Hall–Kier alpha value is -0.780. The Balaban J connectivity index is 2.54. The molecule has 1 aliphatic rings. The number of aliphatic hydroxyl groups excluding tert-OH is 2. The van der Waals surface area contributed by atoms with Gasteiger partial charge in [0, 0.05) is 6.20 Å². The molecular formula is C10H12F2N2O4S2. The summed E-state index contributed by atoms with van der Waals surface area (Å²) in [6.07, 6.45) is -3.54. The van der Waals surface area contributed by atoms with Crippen molar-refractivity contribution in [2.24, 2.45) is 0 Å². The van der Waals surface area contributed by atoms with Gasteiger partial charge in [-0.15, -0.1) is 0 Å². The molecule has 1 unspecified atom stereocenters. The summed E-state index contributed by atoms with van der Waals surface area (Å²) in [5, 5.41) is 29.0. The smallest absolute Gasteiger partial charge is 0.180 e. The molecule has 2 heterocycles. The molecule has 4 N–H and O–H groups in total. The lowest BCUT2D eigenvalue weighted by Gasteiger charge is -2.29. The lowest BCUT2D eigenvalue weighted by molar-refractivity contribution is -0.121. The van der Waals surface area contributed by atoms with E-state index in [0.29, 0.717) is 0 Å². The molecule has 10 heteroatoms. The first-order valence-corrected chi connectivity index (χ1v) is 6.40. The van der Waals surface area contributed by atoms with Crippen LogP contribution in [0.4, 0.5) is 8.78 Å². The van der Waals surface area contributed by atoms with E-state index in [0.717, 1.165) is 10.8 Å². The zero-order valence-corrected chi connectivity index (χ0v) is 11.6. The first kappa shape index (κ1) is 15.6. The Morgan fingerprint density at radius 2 is 2.15 bits per heavy atom. The van der Waals surface area contributed by atoms with Crippen molar-refractivity contribution in [2.75, 3.05) is 13.3 Å². The minimum Gasteiger partial charge on any atom is -0.394 e. The van der Waals surface area contributed by atoms with Crippen molar-refractivity contribution >= 4 is 24.4 Å². The van der Waals surface area contributed by atoms with Crippen LogP contribution in [0.2, 0.25) is 0 Å². The largest absolute Gasteiger partial charge is 0.394 e. The highest BCUT2D eigenvalue weighted by Crippen LogP contribution is 2.38. The number of nitrogens with one attached hydrogen (secondary N) is 1. The van der Waals surface area contributed by atoms with Crippen LogP contribution in [0.1, 0.15) is 6.23 Å². The summed E-state index contributed by atoms with van der Waals surface area (Å²) >= 11 is 9.57. The Morgan fingerprint density at radius 3 is 2.70 bits per heavy atom. The zero-order chi connectivity index (χ0) is 15.1. The van der Waals surface area contributed by atoms with Crippen molar-refractivity contribution in [3.63, 3.8) is 0 Å². The maximum absolute atomic E-state index is 13.5. The number of hydrogen-bond acceptors (Lipinski definition) is 6. The van der Waals surface area contributed by atoms with E-state index in [4.69, 9.17) is 22.1 Å². The molecule has 6 nitrogen and oxygen atoms in total. The van der Waals surface area contributed by atoms with Gasteiger partial charge in [-0.3, -0.25) is 4.57 Å². The van der Waals surface area contributed by atoms with Gasteiger partial charge in [0.25, 0.3) is 0 Å². The highest BCUT2D eigenvalue weighted by Gasteiger charge is 2.56. The number of rotatable bonds is 3. The predicted octanol–water partition coefficient (Wildman–Crippen LogP) is 0.365. The van der Waals surface area contributed by atoms with Crippen molar-refractivity contribution in [3.05, 3.63) is 21.4 Å². The van der Waals surface area contributed by atoms with Crippen molar-refractivity contribution in [1.29, 1.82) is 0 Å². The summed E-state index contributed by atoms with van der Waals surface area (Å²) in [4.78, 5) is 2.35. The maximum Gasteiger partial charge on any atom is 0.180 e. The van der Waals surface area contributed by atoms with Crippen molar-refractivity contribution in [1.82, 2.24) is 9.55 Å². The van der Waals surface area contributed by atoms with Gasteiger partial charge in [-0.1, -0.05) is 12.2 Å². The summed E-state index contributed by atoms with van der Waals surface area (Å²) in [5.74, 6) is -0.847. The molecule has 1 aromatic rings. The second-order valence-electron chi connectivity index (χ2n) is 4.42. The third-order valence-corrected chi connectivity index (χ3v) is 3.78. The summed E-state index contributed by atoms with van der Waals surface area (Å²) in [6.45, 7) is -2.01. The number of aromatic amines is 1. The molecule has 1 aliphatic heterocycles. The van der Waals surface area contributed by atoms with Crippen molar-refractivity contribution < 1.29 is 28.8 Å². The number of aliphatic hydroxyl groups is 3. The zero-order valence-electron chi connectivity index (χ0n) is 9.99. The third kappa shape index (κ3) is 2.32. The van der Waals surface area contributed by atoms with Gasteiger partial charge in [0.2, 0.25) is 0 Å². The molecule has 4 atom stereocenters. The number of ether oxygens (including phenoxy) is 1. The molecule has 0 aromatic carbocycles. The number of nitrogens with zero attached hydrogens (tertiary/aromatic N) is 1. The van der Waals surface area contributed by atoms with E-state index in [2.05, 4.69) is 17.2 Å². The molecule has 0 radical (unpaired) electrons. The van der Waals surface area contributed by atoms with Gasteiger partial charge in [-0.05, 0) is 12.2 Å². The van der Waals surface area contributed by atoms with E-state index in [9.17, 15) is 19.0 Å². The van der Waals surface area contributed by atoms with Gasteiger partial charge in [-0.2, -0.15) is 0 Å². The molecule has 1 fully saturated rings. The first-order chi connectivity index (χ1) is 9.35. The minimum atomic E-state index is -2.35. The molecule has 0 aliphatic carbocycles. The van der Waals surface area contributed by atoms with E-state index < -0.39 is 43.1 Å². The molecule has 0 amide bonds. The summed E-state index contributed by atoms with van der Waals surface area (Å²) < 4.78 is 32.4. The summed E-state index contributed by atoms with van der Waals surface area (Å²) in [5.41, 5.74) is -2.35. The van der Waals surface area contributed by atoms with Gasteiger partial charge in [0.1, 0.15) is 23.5 Å². The Kier molecular flexibility index (Phi) is 4.33. The van der Waals surface area contributed by atoms with Crippen LogP contribution >= 0.6 is 24.4 Å². The van der Waals surface area contributed by atoms with Gasteiger partial charge >= 0.3 is 0 Å². The van der Waals surface area contributed by atoms with Crippen LogP contribution in [0.25, 0.3) is 0 Å². The van der Waals surface area contributed by atoms with Gasteiger partial charge < -0.3 is 25.0 Å². The fourth-order valence-electron chi connectivity index (χ4n) is 2.06. The lowest BCUT2D eigenvalue weighted by atomic mass is 9.95. The van der Waals surface area contributed by atoms with Crippen LogP contribution in [-0.2, 0) is 4.74 Å². The third-order valence-electron chi connectivity index (χ3n) is 3.17. The molecule has 0 saturated carbocycles. The van der Waals surface area contributed by atoms with Gasteiger partial charge in [0.15, 0.2) is 22.4 Å². The van der Waals surface area contributed by atoms with Crippen molar-refractivity contribution in [3.8, 4) is 0 Å². The maximum atomic E-state index is 13.5. The van der Waals surface area contributed by atoms with Crippen LogP contribution in [0, 0.1) is 15.2 Å². The topological polar surface area (TPSA) is 90.6 Å². The summed E-state index contributed by atoms with van der Waals surface area (Å²) in [7, 11) is 0. The van der Waals surface area contributed by atoms with E-state index >= 15 is 0 Å². The number of halogens is 2. The second-order valence-corrected chi connectivity index (χ2v) is 5.22. The molecule has 1 saturated heterocycles. The number of aromatic nitrogens is 2. The predicted molar refractivity (Wildman–Crippen MR) is 68.3 cm³/mol. The monoisotopic (exact) mass is 326 g/mol. The van der Waals surface area contributed by atoms with E-state index in [1.54, 1.807) is 0 Å². The highest BCUT2D eigenvalue weighted by molar-refractivity contribution is 7.72. The fraction of sp³-hybridized carbons (Fsp3) is 0.600. The quantitative estimate of drug-likeness (QED) is 0.600. The normalized spacial score (nSPS) is 33.5. The number of H-pyrrole nitrogens is 1. The highest BCUT2D eigenvalue weighted by atomic mass is 32.1. The van der Waals surface area contributed by atoms with Gasteiger partial charge in [0.05, 0.1) is 6.61 Å². The average Bonchev–Trinajstić information content (AvgIpc) is 2.67. The molecular weight excluding hydrogens is 314 g/mol. The van der Waals surface area contributed by atoms with E-state index in [1.807, 2.05) is 0 Å². The number of alkyl halides is 1. The van der Waals surface area contributed by atoms with Crippen molar-refractivity contribution in [2.45, 2.75) is 24.0 Å². The van der Waals surface area contributed by atoms with Crippen LogP contribution in [0.5, 0.6) is 0 Å². The molecule has 112 valence electrons. The SMILES string of the molecule is OC[C@H]1O[C@@H](n2cc(F)c(=S)[nH]c2=S)[C@@](O)(CF)C1O. The first-order valence-electron chi connectivity index (χ1n) is 5.59. The molecule has 0 bridgehead atoms. The fourth-order valence-corrected chi connectivity index (χ4v) is 2.52. The van der Waals surface area contributed by atoms with Crippen LogP contribution in [0.3, 0.4) is 0 Å². The van der Waals surface area contributed by atoms with E-state index in [-0.39, 0.29) is 9.41 Å². The molecule has 20 heavy (non-hydrogen) atoms. The Labute approximate surface area is 122 Å². The van der Waals surface area contributed by atoms with Gasteiger partial charge in [-0.25, -0.2) is 8.78 Å². The number of hydrogen-bond donors (Lipinski definition) is 4. The molecule has 2 rings (SSSR count). The molecule has 0 spiro atoms. The molecule has 1 aromatic heterocycles. The summed E-state index contributed by atoms with van der Waals surface area (Å²) in [6, 6.07) is 0. The van der Waals surface area contributed by atoms with Crippen LogP contribution in [0.15, 0.2) is 6.20 Å². The Bertz CT molecular complexity index is 622. The lowest BCUT2D eigenvalue weighted by Crippen LogP contribution is -2.49. The van der Waals surface area contributed by atoms with Crippen LogP contribution in [-0.4, -0.2) is 56.0 Å². The average molecular weight is 326 g/mol. The van der Waals surface area contributed by atoms with E-state index in [1.165, 1.54) is 0 Å².